The highest BCUT2D eigenvalue weighted by molar-refractivity contribution is 5.78. The van der Waals surface area contributed by atoms with Gasteiger partial charge in [-0.2, -0.15) is 4.58 Å². The minimum atomic E-state index is 0.0321. The highest BCUT2D eigenvalue weighted by Gasteiger charge is 2.38. The lowest BCUT2D eigenvalue weighted by molar-refractivity contribution is -0.463. The number of benzene rings is 2. The molecule has 2 aliphatic heterocycles. The van der Waals surface area contributed by atoms with Gasteiger partial charge in [0.2, 0.25) is 5.69 Å². The molecular weight excluding hydrogens is 292 g/mol. The second-order valence-electron chi connectivity index (χ2n) is 7.49. The molecule has 0 aliphatic carbocycles. The normalized spacial score (nSPS) is 24.5. The van der Waals surface area contributed by atoms with Gasteiger partial charge in [-0.25, -0.2) is 0 Å². The fourth-order valence-corrected chi connectivity index (χ4v) is 4.27. The van der Waals surface area contributed by atoms with Crippen LogP contribution in [0, 0.1) is 0 Å². The predicted molar refractivity (Wildman–Crippen MR) is 102 cm³/mol. The molecule has 0 aromatic heterocycles. The lowest BCUT2D eigenvalue weighted by Crippen LogP contribution is -2.24. The maximum absolute atomic E-state index is 2.41. The van der Waals surface area contributed by atoms with Gasteiger partial charge in [0.05, 0.1) is 0 Å². The van der Waals surface area contributed by atoms with Crippen molar-refractivity contribution in [3.63, 3.8) is 0 Å². The zero-order valence-corrected chi connectivity index (χ0v) is 15.0. The van der Waals surface area contributed by atoms with Crippen LogP contribution in [-0.4, -0.2) is 23.9 Å². The fraction of sp³-hybridized carbons (Fsp3) is 0.318. The number of hydrogen-bond donors (Lipinski definition) is 0. The van der Waals surface area contributed by atoms with Crippen LogP contribution in [0.2, 0.25) is 0 Å². The number of likely N-dealkylation sites (N-methyl/N-ethyl adjacent to an activating group) is 1. The van der Waals surface area contributed by atoms with Crippen LogP contribution in [0.25, 0.3) is 0 Å². The van der Waals surface area contributed by atoms with E-state index in [4.69, 9.17) is 0 Å². The van der Waals surface area contributed by atoms with E-state index in [1.54, 1.807) is 0 Å². The molecule has 0 radical (unpaired) electrons. The van der Waals surface area contributed by atoms with Crippen LogP contribution >= 0.6 is 0 Å². The average Bonchev–Trinajstić information content (AvgIpc) is 2.99. The van der Waals surface area contributed by atoms with E-state index in [1.165, 1.54) is 28.2 Å². The Morgan fingerprint density at radius 2 is 1.79 bits per heavy atom. The van der Waals surface area contributed by atoms with Crippen molar-refractivity contribution in [2.45, 2.75) is 38.6 Å². The number of fused-ring (bicyclic) bond motifs is 2. The van der Waals surface area contributed by atoms with Gasteiger partial charge in [-0.05, 0) is 18.6 Å². The van der Waals surface area contributed by atoms with Gasteiger partial charge in [0.25, 0.3) is 0 Å². The van der Waals surface area contributed by atoms with Crippen LogP contribution in [0.4, 0.5) is 11.4 Å². The number of rotatable bonds is 1. The first-order chi connectivity index (χ1) is 11.5. The zero-order chi connectivity index (χ0) is 16.9. The van der Waals surface area contributed by atoms with Crippen molar-refractivity contribution in [3.8, 4) is 0 Å². The predicted octanol–water partition coefficient (Wildman–Crippen LogP) is 4.66. The Hall–Kier alpha value is -2.35. The Kier molecular flexibility index (Phi) is 3.38. The second kappa shape index (κ2) is 5.34. The standard InChI is InChI=1S/C22H25N2/c1-16-15-17-9-5-7-11-19(17)24(16)14-13-21-22(2,3)18-10-6-8-12-20(18)23(21)4/h5-14,16H,15H2,1-4H3/q+1. The molecule has 2 aromatic carbocycles. The summed E-state index contributed by atoms with van der Waals surface area (Å²) in [6.45, 7) is 6.93. The van der Waals surface area contributed by atoms with Gasteiger partial charge >= 0.3 is 0 Å². The average molecular weight is 317 g/mol. The third kappa shape index (κ3) is 2.13. The summed E-state index contributed by atoms with van der Waals surface area (Å²) >= 11 is 0. The number of hydrogen-bond acceptors (Lipinski definition) is 1. The number of para-hydroxylation sites is 2. The van der Waals surface area contributed by atoms with Crippen LogP contribution in [0.3, 0.4) is 0 Å². The Morgan fingerprint density at radius 1 is 1.08 bits per heavy atom. The van der Waals surface area contributed by atoms with E-state index in [-0.39, 0.29) is 5.41 Å². The molecule has 0 spiro atoms. The van der Waals surface area contributed by atoms with Crippen molar-refractivity contribution < 1.29 is 4.58 Å². The van der Waals surface area contributed by atoms with Gasteiger partial charge in [0.1, 0.15) is 0 Å². The summed E-state index contributed by atoms with van der Waals surface area (Å²) in [5.41, 5.74) is 6.89. The van der Waals surface area contributed by atoms with Crippen LogP contribution in [0.15, 0.2) is 60.3 Å². The molecule has 2 aliphatic rings. The molecule has 1 unspecified atom stereocenters. The first-order valence-corrected chi connectivity index (χ1v) is 8.75. The number of allylic oxidation sites excluding steroid dienone is 2. The van der Waals surface area contributed by atoms with E-state index < -0.39 is 0 Å². The van der Waals surface area contributed by atoms with Gasteiger partial charge in [-0.3, -0.25) is 0 Å². The molecule has 1 atom stereocenters. The molecule has 2 aromatic rings. The minimum absolute atomic E-state index is 0.0321. The summed E-state index contributed by atoms with van der Waals surface area (Å²) in [5.74, 6) is 0. The number of anilines is 1. The maximum atomic E-state index is 2.41. The summed E-state index contributed by atoms with van der Waals surface area (Å²) in [7, 11) is 2.18. The zero-order valence-electron chi connectivity index (χ0n) is 15.0. The molecule has 0 saturated carbocycles. The molecule has 0 fully saturated rings. The molecule has 0 bridgehead atoms. The monoisotopic (exact) mass is 317 g/mol. The summed E-state index contributed by atoms with van der Waals surface area (Å²) in [4.78, 5) is 2.33. The third-order valence-corrected chi connectivity index (χ3v) is 5.59. The Bertz CT molecular complexity index is 858. The molecule has 122 valence electrons. The molecule has 2 nitrogen and oxygen atoms in total. The Morgan fingerprint density at radius 3 is 2.58 bits per heavy atom. The van der Waals surface area contributed by atoms with Gasteiger partial charge in [0, 0.05) is 48.0 Å². The van der Waals surface area contributed by atoms with Crippen LogP contribution < -0.4 is 4.90 Å². The van der Waals surface area contributed by atoms with Crippen molar-refractivity contribution in [2.75, 3.05) is 11.9 Å². The van der Waals surface area contributed by atoms with Gasteiger partial charge in [-0.1, -0.05) is 50.2 Å². The minimum Gasteiger partial charge on any atom is -0.347 e. The molecule has 4 rings (SSSR count). The smallest absolute Gasteiger partial charge is 0.208 e. The SMILES string of the molecule is CC1Cc2ccccc2[N+]1=CC=C1N(C)c2ccccc2C1(C)C. The molecule has 2 heterocycles. The molecule has 0 amide bonds. The van der Waals surface area contributed by atoms with Crippen molar-refractivity contribution in [2.24, 2.45) is 0 Å². The van der Waals surface area contributed by atoms with Crippen LogP contribution in [0.1, 0.15) is 31.9 Å². The second-order valence-corrected chi connectivity index (χ2v) is 7.49. The highest BCUT2D eigenvalue weighted by Crippen LogP contribution is 2.46. The van der Waals surface area contributed by atoms with Crippen molar-refractivity contribution in [3.05, 3.63) is 71.4 Å². The summed E-state index contributed by atoms with van der Waals surface area (Å²) in [5, 5.41) is 0. The van der Waals surface area contributed by atoms with Gasteiger partial charge in [-0.15, -0.1) is 0 Å². The topological polar surface area (TPSA) is 6.25 Å². The van der Waals surface area contributed by atoms with Crippen molar-refractivity contribution in [1.29, 1.82) is 0 Å². The molecule has 24 heavy (non-hydrogen) atoms. The van der Waals surface area contributed by atoms with E-state index in [0.717, 1.165) is 6.42 Å². The summed E-state index contributed by atoms with van der Waals surface area (Å²) in [6.07, 6.45) is 5.70. The first-order valence-electron chi connectivity index (χ1n) is 8.75. The van der Waals surface area contributed by atoms with Crippen molar-refractivity contribution >= 4 is 17.6 Å². The lowest BCUT2D eigenvalue weighted by Gasteiger charge is -2.23. The summed E-state index contributed by atoms with van der Waals surface area (Å²) in [6, 6.07) is 18.0. The molecular formula is C22H25N2+. The number of nitrogens with zero attached hydrogens (tertiary/aromatic N) is 2. The summed E-state index contributed by atoms with van der Waals surface area (Å²) < 4.78 is 2.41. The van der Waals surface area contributed by atoms with Crippen molar-refractivity contribution in [1.82, 2.24) is 0 Å². The van der Waals surface area contributed by atoms with E-state index >= 15 is 0 Å². The molecule has 0 saturated heterocycles. The highest BCUT2D eigenvalue weighted by atomic mass is 15.2. The molecule has 2 heteroatoms. The fourth-order valence-electron chi connectivity index (χ4n) is 4.27. The maximum Gasteiger partial charge on any atom is 0.208 e. The first kappa shape index (κ1) is 15.2. The van der Waals surface area contributed by atoms with E-state index in [1.807, 2.05) is 0 Å². The van der Waals surface area contributed by atoms with E-state index in [0.29, 0.717) is 6.04 Å². The molecule has 0 N–H and O–H groups in total. The Labute approximate surface area is 144 Å². The largest absolute Gasteiger partial charge is 0.347 e. The lowest BCUT2D eigenvalue weighted by atomic mass is 9.84. The Balaban J connectivity index is 1.78. The van der Waals surface area contributed by atoms with E-state index in [2.05, 4.69) is 98.1 Å². The van der Waals surface area contributed by atoms with Crippen LogP contribution in [0.5, 0.6) is 0 Å². The quantitative estimate of drug-likeness (QED) is 0.694. The van der Waals surface area contributed by atoms with Crippen LogP contribution in [-0.2, 0) is 11.8 Å². The van der Waals surface area contributed by atoms with Gasteiger partial charge < -0.3 is 4.90 Å². The van der Waals surface area contributed by atoms with Gasteiger partial charge in [0.15, 0.2) is 12.3 Å². The van der Waals surface area contributed by atoms with E-state index in [9.17, 15) is 0 Å². The third-order valence-electron chi connectivity index (χ3n) is 5.59.